The summed E-state index contributed by atoms with van der Waals surface area (Å²) in [5.41, 5.74) is 1.82. The zero-order valence-electron chi connectivity index (χ0n) is 10.4. The summed E-state index contributed by atoms with van der Waals surface area (Å²) in [5, 5.41) is 4.16. The van der Waals surface area contributed by atoms with Crippen molar-refractivity contribution in [3.63, 3.8) is 0 Å². The number of nitrogens with zero attached hydrogens (tertiary/aromatic N) is 1. The molecular weight excluding hydrogens is 235 g/mol. The number of hydrogen-bond acceptors (Lipinski definition) is 3. The molecule has 1 aliphatic heterocycles. The largest absolute Gasteiger partial charge is 0.335 e. The number of aryl methyl sites for hydroxylation is 1. The molecule has 0 unspecified atom stereocenters. The standard InChI is InChI=1S/C13H17FN2S/c1-9-6-10(4-5-11(9)14)16-12-15-7-13(2,3)8-17-12/h4-6H,7-8H2,1-3H3,(H,15,16). The molecule has 0 amide bonds. The number of rotatable bonds is 1. The molecule has 0 bridgehead atoms. The second-order valence-corrected chi connectivity index (χ2v) is 6.13. The van der Waals surface area contributed by atoms with Crippen LogP contribution in [0.3, 0.4) is 0 Å². The maximum atomic E-state index is 13.1. The fraction of sp³-hybridized carbons (Fsp3) is 0.462. The third kappa shape index (κ3) is 3.22. The van der Waals surface area contributed by atoms with Crippen molar-refractivity contribution in [2.24, 2.45) is 10.4 Å². The molecule has 0 spiro atoms. The first-order valence-corrected chi connectivity index (χ1v) is 6.65. The molecule has 0 aliphatic carbocycles. The lowest BCUT2D eigenvalue weighted by Gasteiger charge is -2.27. The minimum Gasteiger partial charge on any atom is -0.335 e. The Hall–Kier alpha value is -1.03. The Morgan fingerprint density at radius 1 is 1.41 bits per heavy atom. The zero-order valence-corrected chi connectivity index (χ0v) is 11.2. The molecule has 0 aromatic heterocycles. The number of anilines is 1. The van der Waals surface area contributed by atoms with Crippen LogP contribution in [0.4, 0.5) is 10.1 Å². The first kappa shape index (κ1) is 12.4. The van der Waals surface area contributed by atoms with Gasteiger partial charge in [0, 0.05) is 18.0 Å². The van der Waals surface area contributed by atoms with Crippen LogP contribution in [-0.2, 0) is 0 Å². The predicted molar refractivity (Wildman–Crippen MR) is 73.3 cm³/mol. The minimum absolute atomic E-state index is 0.171. The molecule has 1 aromatic rings. The molecule has 1 heterocycles. The van der Waals surface area contributed by atoms with Gasteiger partial charge in [-0.2, -0.15) is 0 Å². The van der Waals surface area contributed by atoms with E-state index < -0.39 is 0 Å². The van der Waals surface area contributed by atoms with Gasteiger partial charge in [0.15, 0.2) is 5.17 Å². The Labute approximate surface area is 106 Å². The van der Waals surface area contributed by atoms with E-state index >= 15 is 0 Å². The maximum absolute atomic E-state index is 13.1. The van der Waals surface area contributed by atoms with Crippen LogP contribution in [0.1, 0.15) is 19.4 Å². The zero-order chi connectivity index (χ0) is 12.5. The van der Waals surface area contributed by atoms with Crippen molar-refractivity contribution < 1.29 is 4.39 Å². The van der Waals surface area contributed by atoms with Gasteiger partial charge in [-0.1, -0.05) is 25.6 Å². The highest BCUT2D eigenvalue weighted by Crippen LogP contribution is 2.28. The van der Waals surface area contributed by atoms with Crippen molar-refractivity contribution in [2.45, 2.75) is 20.8 Å². The van der Waals surface area contributed by atoms with E-state index in [4.69, 9.17) is 0 Å². The predicted octanol–water partition coefficient (Wildman–Crippen LogP) is 3.68. The van der Waals surface area contributed by atoms with Gasteiger partial charge in [-0.05, 0) is 36.1 Å². The number of aliphatic imine (C=N–C) groups is 1. The van der Waals surface area contributed by atoms with Crippen LogP contribution in [0.25, 0.3) is 0 Å². The number of nitrogens with one attached hydrogen (secondary N) is 1. The quantitative estimate of drug-likeness (QED) is 0.824. The van der Waals surface area contributed by atoms with Gasteiger partial charge >= 0.3 is 0 Å². The van der Waals surface area contributed by atoms with Crippen LogP contribution in [0.2, 0.25) is 0 Å². The van der Waals surface area contributed by atoms with Crippen molar-refractivity contribution in [2.75, 3.05) is 17.6 Å². The van der Waals surface area contributed by atoms with Crippen LogP contribution in [0.15, 0.2) is 23.2 Å². The molecule has 2 nitrogen and oxygen atoms in total. The van der Waals surface area contributed by atoms with Crippen molar-refractivity contribution in [3.8, 4) is 0 Å². The molecule has 0 fully saturated rings. The molecule has 1 aliphatic rings. The molecule has 1 N–H and O–H groups in total. The van der Waals surface area contributed by atoms with Gasteiger partial charge in [0.05, 0.1) is 0 Å². The summed E-state index contributed by atoms with van der Waals surface area (Å²) in [7, 11) is 0. The lowest BCUT2D eigenvalue weighted by Crippen LogP contribution is -2.27. The lowest BCUT2D eigenvalue weighted by molar-refractivity contribution is 0.438. The van der Waals surface area contributed by atoms with E-state index in [1.165, 1.54) is 6.07 Å². The Balaban J connectivity index is 2.07. The summed E-state index contributed by atoms with van der Waals surface area (Å²) in [6, 6.07) is 5.03. The average molecular weight is 252 g/mol. The van der Waals surface area contributed by atoms with E-state index in [2.05, 4.69) is 24.2 Å². The maximum Gasteiger partial charge on any atom is 0.161 e. The number of hydrogen-bond donors (Lipinski definition) is 1. The van der Waals surface area contributed by atoms with Crippen LogP contribution in [0.5, 0.6) is 0 Å². The Morgan fingerprint density at radius 3 is 2.76 bits per heavy atom. The molecule has 92 valence electrons. The fourth-order valence-electron chi connectivity index (χ4n) is 1.56. The number of benzene rings is 1. The van der Waals surface area contributed by atoms with Crippen molar-refractivity contribution in [1.82, 2.24) is 0 Å². The van der Waals surface area contributed by atoms with E-state index in [0.29, 0.717) is 5.56 Å². The van der Waals surface area contributed by atoms with Gasteiger partial charge in [0.2, 0.25) is 0 Å². The van der Waals surface area contributed by atoms with Crippen molar-refractivity contribution >= 4 is 22.6 Å². The molecule has 2 rings (SSSR count). The number of thioether (sulfide) groups is 1. The SMILES string of the molecule is Cc1cc(NC2=NCC(C)(C)CS2)ccc1F. The van der Waals surface area contributed by atoms with Gasteiger partial charge in [-0.15, -0.1) is 0 Å². The molecule has 0 radical (unpaired) electrons. The minimum atomic E-state index is -0.171. The van der Waals surface area contributed by atoms with E-state index in [1.807, 2.05) is 0 Å². The molecule has 0 saturated heterocycles. The number of halogens is 1. The summed E-state index contributed by atoms with van der Waals surface area (Å²) in [4.78, 5) is 4.50. The van der Waals surface area contributed by atoms with Crippen molar-refractivity contribution in [1.29, 1.82) is 0 Å². The third-order valence-electron chi connectivity index (χ3n) is 2.66. The highest BCUT2D eigenvalue weighted by atomic mass is 32.2. The molecule has 1 aromatic carbocycles. The molecule has 4 heteroatoms. The first-order chi connectivity index (χ1) is 7.96. The molecule has 0 atom stereocenters. The van der Waals surface area contributed by atoms with Gasteiger partial charge in [-0.3, -0.25) is 4.99 Å². The summed E-state index contributed by atoms with van der Waals surface area (Å²) in [6.45, 7) is 7.02. The molecule has 0 saturated carbocycles. The first-order valence-electron chi connectivity index (χ1n) is 5.67. The average Bonchev–Trinajstić information content (AvgIpc) is 2.27. The topological polar surface area (TPSA) is 24.4 Å². The second-order valence-electron chi connectivity index (χ2n) is 5.16. The summed E-state index contributed by atoms with van der Waals surface area (Å²) in [6.07, 6.45) is 0. The van der Waals surface area contributed by atoms with Crippen LogP contribution >= 0.6 is 11.8 Å². The monoisotopic (exact) mass is 252 g/mol. The van der Waals surface area contributed by atoms with E-state index in [9.17, 15) is 4.39 Å². The van der Waals surface area contributed by atoms with Gasteiger partial charge in [-0.25, -0.2) is 4.39 Å². The molecular formula is C13H17FN2S. The summed E-state index contributed by atoms with van der Waals surface area (Å²) >= 11 is 1.72. The summed E-state index contributed by atoms with van der Waals surface area (Å²) in [5.74, 6) is 0.883. The normalized spacial score (nSPS) is 18.7. The lowest BCUT2D eigenvalue weighted by atomic mass is 9.97. The third-order valence-corrected chi connectivity index (χ3v) is 4.09. The Morgan fingerprint density at radius 2 is 2.18 bits per heavy atom. The van der Waals surface area contributed by atoms with Gasteiger partial charge < -0.3 is 5.32 Å². The van der Waals surface area contributed by atoms with E-state index in [1.54, 1.807) is 30.8 Å². The van der Waals surface area contributed by atoms with Crippen LogP contribution in [0, 0.1) is 18.2 Å². The van der Waals surface area contributed by atoms with Gasteiger partial charge in [0.1, 0.15) is 5.82 Å². The fourth-order valence-corrected chi connectivity index (χ4v) is 2.53. The van der Waals surface area contributed by atoms with Crippen LogP contribution in [-0.4, -0.2) is 17.5 Å². The van der Waals surface area contributed by atoms with Crippen molar-refractivity contribution in [3.05, 3.63) is 29.6 Å². The van der Waals surface area contributed by atoms with Crippen LogP contribution < -0.4 is 5.32 Å². The number of amidine groups is 1. The second kappa shape index (κ2) is 4.69. The summed E-state index contributed by atoms with van der Waals surface area (Å²) < 4.78 is 13.1. The van der Waals surface area contributed by atoms with E-state index in [-0.39, 0.29) is 11.2 Å². The highest BCUT2D eigenvalue weighted by molar-refractivity contribution is 8.14. The van der Waals surface area contributed by atoms with E-state index in [0.717, 1.165) is 23.2 Å². The Bertz CT molecular complexity index is 455. The highest BCUT2D eigenvalue weighted by Gasteiger charge is 2.23. The Kier molecular flexibility index (Phi) is 3.43. The van der Waals surface area contributed by atoms with Gasteiger partial charge in [0.25, 0.3) is 0 Å². The molecule has 17 heavy (non-hydrogen) atoms. The smallest absolute Gasteiger partial charge is 0.161 e.